The van der Waals surface area contributed by atoms with Gasteiger partial charge in [-0.05, 0) is 106 Å². The normalized spacial score (nSPS) is 12.7. The average Bonchev–Trinajstić information content (AvgIpc) is 3.59. The Kier molecular flexibility index (Phi) is 8.55. The van der Waals surface area contributed by atoms with Gasteiger partial charge in [0.15, 0.2) is 5.82 Å². The van der Waals surface area contributed by atoms with Crippen LogP contribution in [-0.2, 0) is 5.41 Å². The predicted octanol–water partition coefficient (Wildman–Crippen LogP) is 16.2. The lowest BCUT2D eigenvalue weighted by Gasteiger charge is -2.23. The fourth-order valence-corrected chi connectivity index (χ4v) is 10.3. The van der Waals surface area contributed by atoms with Gasteiger partial charge in [0.25, 0.3) is 0 Å². The molecule has 0 spiro atoms. The number of nitrogens with zero attached hydrogens (tertiary/aromatic N) is 2. The number of fused-ring (bicyclic) bond motifs is 7. The summed E-state index contributed by atoms with van der Waals surface area (Å²) in [4.78, 5) is 10.5. The first-order valence-electron chi connectivity index (χ1n) is 21.8. The van der Waals surface area contributed by atoms with Gasteiger partial charge >= 0.3 is 0 Å². The zero-order valence-corrected chi connectivity index (χ0v) is 35.2. The van der Waals surface area contributed by atoms with Crippen molar-refractivity contribution in [2.45, 2.75) is 19.3 Å². The highest BCUT2D eigenvalue weighted by Crippen LogP contribution is 2.52. The van der Waals surface area contributed by atoms with Crippen molar-refractivity contribution in [3.8, 4) is 78.4 Å². The Bertz CT molecular complexity index is 3580. The Morgan fingerprint density at radius 3 is 1.54 bits per heavy atom. The molecule has 296 valence electrons. The van der Waals surface area contributed by atoms with Gasteiger partial charge in [-0.3, -0.25) is 0 Å². The van der Waals surface area contributed by atoms with E-state index in [0.717, 1.165) is 39.0 Å². The van der Waals surface area contributed by atoms with E-state index in [0.29, 0.717) is 5.82 Å². The minimum absolute atomic E-state index is 0.0902. The lowest BCUT2D eigenvalue weighted by Crippen LogP contribution is -2.15. The van der Waals surface area contributed by atoms with Crippen LogP contribution in [0.15, 0.2) is 218 Å². The molecule has 0 saturated heterocycles. The summed E-state index contributed by atoms with van der Waals surface area (Å²) in [5.74, 6) is 0.704. The summed E-state index contributed by atoms with van der Waals surface area (Å²) >= 11 is 0. The van der Waals surface area contributed by atoms with Crippen LogP contribution < -0.4 is 0 Å². The van der Waals surface area contributed by atoms with Gasteiger partial charge in [-0.2, -0.15) is 0 Å². The molecule has 0 aliphatic heterocycles. The van der Waals surface area contributed by atoms with Crippen LogP contribution in [0.4, 0.5) is 0 Å². The monoisotopic (exact) mass is 802 g/mol. The summed E-state index contributed by atoms with van der Waals surface area (Å²) in [7, 11) is 0. The largest absolute Gasteiger partial charge is 0.228 e. The van der Waals surface area contributed by atoms with E-state index in [2.05, 4.69) is 214 Å². The molecule has 12 rings (SSSR count). The summed E-state index contributed by atoms with van der Waals surface area (Å²) in [6.07, 6.45) is 0. The Morgan fingerprint density at radius 2 is 0.825 bits per heavy atom. The van der Waals surface area contributed by atoms with E-state index in [4.69, 9.17) is 9.97 Å². The maximum atomic E-state index is 5.28. The SMILES string of the molecule is CC1(C)c2ccc(-c3ccc(-c4ccc(-c5cc(-c6cccc(-c7ccccc7)c6)nc(-c6ccccc6)n5)c5ccccc45)c4ccccc34)cc2-c2ccc3ccccc3c21. The maximum absolute atomic E-state index is 5.28. The van der Waals surface area contributed by atoms with E-state index >= 15 is 0 Å². The van der Waals surface area contributed by atoms with Gasteiger partial charge in [0.1, 0.15) is 0 Å². The zero-order valence-electron chi connectivity index (χ0n) is 35.2. The third kappa shape index (κ3) is 6.09. The third-order valence-corrected chi connectivity index (χ3v) is 13.3. The van der Waals surface area contributed by atoms with E-state index < -0.39 is 0 Å². The molecule has 1 aliphatic carbocycles. The molecule has 1 heterocycles. The minimum atomic E-state index is -0.0902. The van der Waals surface area contributed by atoms with Gasteiger partial charge in [0.05, 0.1) is 11.4 Å². The summed E-state index contributed by atoms with van der Waals surface area (Å²) in [6, 6.07) is 79.1. The Balaban J connectivity index is 0.988. The molecule has 63 heavy (non-hydrogen) atoms. The van der Waals surface area contributed by atoms with Crippen LogP contribution in [0.5, 0.6) is 0 Å². The highest BCUT2D eigenvalue weighted by atomic mass is 14.9. The van der Waals surface area contributed by atoms with Gasteiger partial charge in [-0.15, -0.1) is 0 Å². The van der Waals surface area contributed by atoms with Crippen molar-refractivity contribution in [3.05, 3.63) is 230 Å². The van der Waals surface area contributed by atoms with Crippen LogP contribution >= 0.6 is 0 Å². The molecular weight excluding hydrogens is 761 g/mol. The smallest absolute Gasteiger partial charge is 0.160 e. The molecule has 0 fully saturated rings. The molecule has 1 aromatic heterocycles. The molecule has 0 amide bonds. The molecule has 10 aromatic carbocycles. The highest BCUT2D eigenvalue weighted by Gasteiger charge is 2.37. The quantitative estimate of drug-likeness (QED) is 0.167. The lowest BCUT2D eigenvalue weighted by molar-refractivity contribution is 0.666. The molecule has 0 atom stereocenters. The van der Waals surface area contributed by atoms with E-state index in [-0.39, 0.29) is 5.41 Å². The number of hydrogen-bond acceptors (Lipinski definition) is 2. The molecule has 11 aromatic rings. The second-order valence-electron chi connectivity index (χ2n) is 17.3. The fourth-order valence-electron chi connectivity index (χ4n) is 10.3. The van der Waals surface area contributed by atoms with Crippen LogP contribution in [0, 0.1) is 0 Å². The standard InChI is InChI=1S/C61H42N2/c1-61(2)56-35-29-43(37-55(56)54-30-28-40-18-9-10-23-46(40)59(54)61)45-31-32-51(48-25-12-11-24-47(45)48)52-33-34-53(50-27-14-13-26-49(50)52)58-38-57(62-60(63-58)41-19-7-4-8-20-41)44-22-15-21-42(36-44)39-16-5-3-6-17-39/h3-38H,1-2H3. The fraction of sp³-hybridized carbons (Fsp3) is 0.0492. The Morgan fingerprint density at radius 1 is 0.302 bits per heavy atom. The zero-order chi connectivity index (χ0) is 42.1. The molecule has 2 heteroatoms. The molecule has 0 bridgehead atoms. The topological polar surface area (TPSA) is 25.8 Å². The van der Waals surface area contributed by atoms with Crippen molar-refractivity contribution in [2.24, 2.45) is 0 Å². The third-order valence-electron chi connectivity index (χ3n) is 13.3. The summed E-state index contributed by atoms with van der Waals surface area (Å²) in [5, 5.41) is 7.44. The second-order valence-corrected chi connectivity index (χ2v) is 17.3. The van der Waals surface area contributed by atoms with E-state index in [1.54, 1.807) is 0 Å². The summed E-state index contributed by atoms with van der Waals surface area (Å²) < 4.78 is 0. The van der Waals surface area contributed by atoms with Crippen molar-refractivity contribution in [2.75, 3.05) is 0 Å². The van der Waals surface area contributed by atoms with E-state index in [1.807, 2.05) is 18.2 Å². The van der Waals surface area contributed by atoms with Gasteiger partial charge in [-0.1, -0.05) is 214 Å². The average molecular weight is 803 g/mol. The van der Waals surface area contributed by atoms with Crippen molar-refractivity contribution < 1.29 is 0 Å². The lowest BCUT2D eigenvalue weighted by atomic mass is 9.80. The molecule has 2 nitrogen and oxygen atoms in total. The van der Waals surface area contributed by atoms with Gasteiger partial charge in [0.2, 0.25) is 0 Å². The maximum Gasteiger partial charge on any atom is 0.160 e. The van der Waals surface area contributed by atoms with Crippen molar-refractivity contribution in [1.82, 2.24) is 9.97 Å². The predicted molar refractivity (Wildman–Crippen MR) is 265 cm³/mol. The molecular formula is C61H42N2. The molecule has 1 aliphatic rings. The molecule has 0 radical (unpaired) electrons. The van der Waals surface area contributed by atoms with E-state index in [9.17, 15) is 0 Å². The number of hydrogen-bond donors (Lipinski definition) is 0. The number of rotatable bonds is 6. The van der Waals surface area contributed by atoms with Crippen LogP contribution in [-0.4, -0.2) is 9.97 Å². The first kappa shape index (κ1) is 36.9. The highest BCUT2D eigenvalue weighted by molar-refractivity contribution is 6.12. The second kappa shape index (κ2) is 14.6. The molecule has 0 N–H and O–H groups in total. The number of benzene rings is 10. The summed E-state index contributed by atoms with van der Waals surface area (Å²) in [6.45, 7) is 4.75. The van der Waals surface area contributed by atoms with Crippen LogP contribution in [0.3, 0.4) is 0 Å². The van der Waals surface area contributed by atoms with Crippen molar-refractivity contribution in [1.29, 1.82) is 0 Å². The van der Waals surface area contributed by atoms with Gasteiger partial charge < -0.3 is 0 Å². The Hall–Kier alpha value is -7.94. The van der Waals surface area contributed by atoms with E-state index in [1.165, 1.54) is 77.0 Å². The first-order valence-corrected chi connectivity index (χ1v) is 21.8. The number of aromatic nitrogens is 2. The van der Waals surface area contributed by atoms with Crippen LogP contribution in [0.2, 0.25) is 0 Å². The van der Waals surface area contributed by atoms with Crippen molar-refractivity contribution in [3.63, 3.8) is 0 Å². The van der Waals surface area contributed by atoms with Crippen LogP contribution in [0.1, 0.15) is 25.0 Å². The Labute approximate surface area is 367 Å². The van der Waals surface area contributed by atoms with Gasteiger partial charge in [-0.25, -0.2) is 9.97 Å². The van der Waals surface area contributed by atoms with Crippen LogP contribution in [0.25, 0.3) is 111 Å². The summed E-state index contributed by atoms with van der Waals surface area (Å²) in [5.41, 5.74) is 17.5. The van der Waals surface area contributed by atoms with Crippen molar-refractivity contribution >= 4 is 32.3 Å². The van der Waals surface area contributed by atoms with Gasteiger partial charge in [0, 0.05) is 22.1 Å². The molecule has 0 unspecified atom stereocenters. The minimum Gasteiger partial charge on any atom is -0.228 e. The molecule has 0 saturated carbocycles. The first-order chi connectivity index (χ1) is 31.0.